The predicted molar refractivity (Wildman–Crippen MR) is 80.5 cm³/mol. The van der Waals surface area contributed by atoms with Crippen molar-refractivity contribution in [3.8, 4) is 0 Å². The van der Waals surface area contributed by atoms with Crippen LogP contribution in [0, 0.1) is 17.2 Å². The zero-order valence-electron chi connectivity index (χ0n) is 12.2. The second kappa shape index (κ2) is 5.58. The molecule has 1 amide bonds. The maximum absolute atomic E-state index is 13.8. The van der Waals surface area contributed by atoms with E-state index in [1.807, 2.05) is 0 Å². The van der Waals surface area contributed by atoms with Crippen molar-refractivity contribution in [1.29, 1.82) is 0 Å². The quantitative estimate of drug-likeness (QED) is 0.931. The van der Waals surface area contributed by atoms with Crippen LogP contribution in [0.5, 0.6) is 0 Å². The Morgan fingerprint density at radius 1 is 1.48 bits per heavy atom. The molecule has 2 aliphatic rings. The molecule has 0 aromatic heterocycles. The van der Waals surface area contributed by atoms with Gasteiger partial charge in [0.1, 0.15) is 5.82 Å². The molecule has 5 heteroatoms. The van der Waals surface area contributed by atoms with Gasteiger partial charge in [0.15, 0.2) is 0 Å². The molecule has 1 N–H and O–H groups in total. The van der Waals surface area contributed by atoms with Crippen molar-refractivity contribution in [2.24, 2.45) is 11.3 Å². The molecule has 1 aliphatic carbocycles. The maximum atomic E-state index is 13.8. The van der Waals surface area contributed by atoms with E-state index < -0.39 is 0 Å². The summed E-state index contributed by atoms with van der Waals surface area (Å²) >= 11 is 6.03. The molecule has 1 aliphatic heterocycles. The van der Waals surface area contributed by atoms with E-state index in [0.717, 1.165) is 32.4 Å². The SMILES string of the molecule is CN(Cc1c(F)cccc1Cl)C(=O)C1CC12CCNCC2. The summed E-state index contributed by atoms with van der Waals surface area (Å²) in [5, 5.41) is 3.71. The van der Waals surface area contributed by atoms with Gasteiger partial charge >= 0.3 is 0 Å². The number of hydrogen-bond donors (Lipinski definition) is 1. The lowest BCUT2D eigenvalue weighted by Crippen LogP contribution is -2.34. The molecule has 3 nitrogen and oxygen atoms in total. The van der Waals surface area contributed by atoms with Crippen LogP contribution in [0.1, 0.15) is 24.8 Å². The normalized spacial score (nSPS) is 23.1. The summed E-state index contributed by atoms with van der Waals surface area (Å²) in [6.07, 6.45) is 3.11. The van der Waals surface area contributed by atoms with E-state index in [4.69, 9.17) is 11.6 Å². The Hall–Kier alpha value is -1.13. The maximum Gasteiger partial charge on any atom is 0.226 e. The Morgan fingerprint density at radius 3 is 2.86 bits per heavy atom. The molecule has 0 bridgehead atoms. The summed E-state index contributed by atoms with van der Waals surface area (Å²) in [4.78, 5) is 14.2. The van der Waals surface area contributed by atoms with Crippen molar-refractivity contribution in [3.05, 3.63) is 34.6 Å². The van der Waals surface area contributed by atoms with E-state index in [9.17, 15) is 9.18 Å². The zero-order valence-corrected chi connectivity index (χ0v) is 12.9. The van der Waals surface area contributed by atoms with Gasteiger partial charge in [-0.25, -0.2) is 4.39 Å². The average molecular weight is 311 g/mol. The lowest BCUT2D eigenvalue weighted by atomic mass is 9.91. The molecule has 1 saturated carbocycles. The van der Waals surface area contributed by atoms with Gasteiger partial charge in [-0.3, -0.25) is 4.79 Å². The first-order valence-electron chi connectivity index (χ1n) is 7.42. The van der Waals surface area contributed by atoms with Gasteiger partial charge in [-0.1, -0.05) is 17.7 Å². The molecule has 1 aromatic carbocycles. The Labute approximate surface area is 129 Å². The predicted octanol–water partition coefficient (Wildman–Crippen LogP) is 2.83. The van der Waals surface area contributed by atoms with E-state index in [1.165, 1.54) is 6.07 Å². The Kier molecular flexibility index (Phi) is 3.93. The summed E-state index contributed by atoms with van der Waals surface area (Å²) in [5.74, 6) is -0.124. The molecule has 1 unspecified atom stereocenters. The molecule has 2 fully saturated rings. The van der Waals surface area contributed by atoms with Crippen LogP contribution in [0.3, 0.4) is 0 Å². The highest BCUT2D eigenvalue weighted by atomic mass is 35.5. The van der Waals surface area contributed by atoms with E-state index in [1.54, 1.807) is 24.1 Å². The minimum absolute atomic E-state index is 0.107. The smallest absolute Gasteiger partial charge is 0.226 e. The summed E-state index contributed by atoms with van der Waals surface area (Å²) in [6, 6.07) is 4.61. The van der Waals surface area contributed by atoms with E-state index in [2.05, 4.69) is 5.32 Å². The van der Waals surface area contributed by atoms with Crippen LogP contribution >= 0.6 is 11.6 Å². The highest BCUT2D eigenvalue weighted by Crippen LogP contribution is 2.59. The lowest BCUT2D eigenvalue weighted by Gasteiger charge is -2.25. The Balaban J connectivity index is 1.66. The van der Waals surface area contributed by atoms with Gasteiger partial charge in [-0.05, 0) is 49.9 Å². The van der Waals surface area contributed by atoms with E-state index >= 15 is 0 Å². The number of carbonyl (C=O) groups is 1. The monoisotopic (exact) mass is 310 g/mol. The second-order valence-corrected chi connectivity index (χ2v) is 6.67. The largest absolute Gasteiger partial charge is 0.341 e. The van der Waals surface area contributed by atoms with Crippen LogP contribution in [0.25, 0.3) is 0 Å². The van der Waals surface area contributed by atoms with Gasteiger partial charge in [-0.15, -0.1) is 0 Å². The molecular weight excluding hydrogens is 291 g/mol. The second-order valence-electron chi connectivity index (χ2n) is 6.26. The highest BCUT2D eigenvalue weighted by molar-refractivity contribution is 6.31. The van der Waals surface area contributed by atoms with Crippen molar-refractivity contribution in [1.82, 2.24) is 10.2 Å². The third-order valence-electron chi connectivity index (χ3n) is 4.92. The molecule has 1 saturated heterocycles. The summed E-state index contributed by atoms with van der Waals surface area (Å²) in [5.41, 5.74) is 0.602. The first kappa shape index (κ1) is 14.8. The number of nitrogens with one attached hydrogen (secondary N) is 1. The molecular formula is C16H20ClFN2O. The number of carbonyl (C=O) groups excluding carboxylic acids is 1. The van der Waals surface area contributed by atoms with Crippen molar-refractivity contribution >= 4 is 17.5 Å². The summed E-state index contributed by atoms with van der Waals surface area (Å²) in [6.45, 7) is 2.22. The third-order valence-corrected chi connectivity index (χ3v) is 5.27. The molecule has 1 atom stereocenters. The van der Waals surface area contributed by atoms with Crippen molar-refractivity contribution in [2.75, 3.05) is 20.1 Å². The lowest BCUT2D eigenvalue weighted by molar-refractivity contribution is -0.132. The van der Waals surface area contributed by atoms with Crippen molar-refractivity contribution < 1.29 is 9.18 Å². The van der Waals surface area contributed by atoms with Crippen LogP contribution in [0.15, 0.2) is 18.2 Å². The Morgan fingerprint density at radius 2 is 2.19 bits per heavy atom. The van der Waals surface area contributed by atoms with Gasteiger partial charge < -0.3 is 10.2 Å². The number of benzene rings is 1. The number of hydrogen-bond acceptors (Lipinski definition) is 2. The van der Waals surface area contributed by atoms with E-state index in [-0.39, 0.29) is 29.6 Å². The van der Waals surface area contributed by atoms with Gasteiger partial charge in [0.25, 0.3) is 0 Å². The summed E-state index contributed by atoms with van der Waals surface area (Å²) in [7, 11) is 1.73. The average Bonchev–Trinajstić information content (AvgIpc) is 3.16. The first-order chi connectivity index (χ1) is 10.0. The fourth-order valence-corrected chi connectivity index (χ4v) is 3.66. The molecule has 0 radical (unpaired) electrons. The van der Waals surface area contributed by atoms with Crippen LogP contribution < -0.4 is 5.32 Å². The number of amides is 1. The molecule has 114 valence electrons. The van der Waals surface area contributed by atoms with Crippen LogP contribution in [-0.2, 0) is 11.3 Å². The fourth-order valence-electron chi connectivity index (χ4n) is 3.44. The van der Waals surface area contributed by atoms with Gasteiger partial charge in [0.05, 0.1) is 0 Å². The van der Waals surface area contributed by atoms with Crippen LogP contribution in [0.2, 0.25) is 5.02 Å². The number of piperidine rings is 1. The number of nitrogens with zero attached hydrogens (tertiary/aromatic N) is 1. The van der Waals surface area contributed by atoms with Crippen molar-refractivity contribution in [2.45, 2.75) is 25.8 Å². The minimum atomic E-state index is -0.352. The summed E-state index contributed by atoms with van der Waals surface area (Å²) < 4.78 is 13.8. The molecule has 21 heavy (non-hydrogen) atoms. The Bertz CT molecular complexity index is 537. The van der Waals surface area contributed by atoms with Crippen LogP contribution in [0.4, 0.5) is 4.39 Å². The highest BCUT2D eigenvalue weighted by Gasteiger charge is 2.58. The molecule has 1 aromatic rings. The number of halogens is 2. The van der Waals surface area contributed by atoms with Crippen molar-refractivity contribution in [3.63, 3.8) is 0 Å². The van der Waals surface area contributed by atoms with Gasteiger partial charge in [0, 0.05) is 30.1 Å². The van der Waals surface area contributed by atoms with Crippen LogP contribution in [-0.4, -0.2) is 30.9 Å². The van der Waals surface area contributed by atoms with Gasteiger partial charge in [-0.2, -0.15) is 0 Å². The minimum Gasteiger partial charge on any atom is -0.341 e. The zero-order chi connectivity index (χ0) is 15.0. The van der Waals surface area contributed by atoms with E-state index in [0.29, 0.717) is 10.6 Å². The van der Waals surface area contributed by atoms with Gasteiger partial charge in [0.2, 0.25) is 5.91 Å². The molecule has 1 heterocycles. The molecule has 1 spiro atoms. The number of rotatable bonds is 3. The topological polar surface area (TPSA) is 32.3 Å². The standard InChI is InChI=1S/C16H20ClFN2O/c1-20(10-11-13(17)3-2-4-14(11)18)15(21)12-9-16(12)5-7-19-8-6-16/h2-4,12,19H,5-10H2,1H3. The first-order valence-corrected chi connectivity index (χ1v) is 7.80. The fraction of sp³-hybridized carbons (Fsp3) is 0.562. The molecule has 3 rings (SSSR count). The third kappa shape index (κ3) is 2.79.